The van der Waals surface area contributed by atoms with Crippen LogP contribution in [0.15, 0.2) is 42.5 Å². The van der Waals surface area contributed by atoms with Gasteiger partial charge in [0.05, 0.1) is 23.9 Å². The Balaban J connectivity index is 1.70. The third kappa shape index (κ3) is 4.34. The Bertz CT molecular complexity index is 1430. The van der Waals surface area contributed by atoms with E-state index in [0.717, 1.165) is 41.1 Å². The van der Waals surface area contributed by atoms with Crippen LogP contribution in [0, 0.1) is 0 Å². The summed E-state index contributed by atoms with van der Waals surface area (Å²) in [4.78, 5) is 20.8. The molecule has 3 heterocycles. The lowest BCUT2D eigenvalue weighted by Gasteiger charge is -2.13. The standard InChI is InChI=1S/C26H25F3N4O2S/c1-15(2)23-21(16-7-6-8-18(13-16)35-3)30-25(36-23)33-20-10-9-17(26(27,28)29)14-19(20)22(31-33)24(34)32-11-4-5-12-32/h6-10,13-15H,4-5,11-12H2,1-3H3. The Labute approximate surface area is 210 Å². The summed E-state index contributed by atoms with van der Waals surface area (Å²) in [5, 5.41) is 5.21. The van der Waals surface area contributed by atoms with Crippen LogP contribution in [0.1, 0.15) is 53.5 Å². The van der Waals surface area contributed by atoms with Gasteiger partial charge in [0.2, 0.25) is 5.13 Å². The largest absolute Gasteiger partial charge is 0.497 e. The zero-order valence-electron chi connectivity index (χ0n) is 20.1. The molecule has 1 fully saturated rings. The number of fused-ring (bicyclic) bond motifs is 1. The van der Waals surface area contributed by atoms with Crippen molar-refractivity contribution in [2.45, 2.75) is 38.8 Å². The molecule has 0 atom stereocenters. The van der Waals surface area contributed by atoms with Crippen molar-refractivity contribution in [3.8, 4) is 22.1 Å². The number of carbonyl (C=O) groups excluding carboxylic acids is 1. The highest BCUT2D eigenvalue weighted by Gasteiger charge is 2.33. The molecule has 1 aliphatic heterocycles. The van der Waals surface area contributed by atoms with E-state index in [2.05, 4.69) is 18.9 Å². The number of amides is 1. The number of aromatic nitrogens is 3. The molecule has 36 heavy (non-hydrogen) atoms. The van der Waals surface area contributed by atoms with Gasteiger partial charge < -0.3 is 9.64 Å². The lowest BCUT2D eigenvalue weighted by molar-refractivity contribution is -0.137. The van der Waals surface area contributed by atoms with Crippen LogP contribution in [-0.4, -0.2) is 45.8 Å². The highest BCUT2D eigenvalue weighted by molar-refractivity contribution is 7.14. The van der Waals surface area contributed by atoms with Crippen molar-refractivity contribution in [3.05, 3.63) is 58.6 Å². The van der Waals surface area contributed by atoms with Gasteiger partial charge in [0.25, 0.3) is 5.91 Å². The second-order valence-electron chi connectivity index (χ2n) is 9.09. The summed E-state index contributed by atoms with van der Waals surface area (Å²) in [5.41, 5.74) is 1.23. The summed E-state index contributed by atoms with van der Waals surface area (Å²) in [6, 6.07) is 11.0. The molecule has 1 amide bonds. The Hall–Kier alpha value is -3.40. The van der Waals surface area contributed by atoms with Crippen LogP contribution >= 0.6 is 11.3 Å². The van der Waals surface area contributed by atoms with Gasteiger partial charge in [-0.2, -0.15) is 18.3 Å². The highest BCUT2D eigenvalue weighted by atomic mass is 32.1. The van der Waals surface area contributed by atoms with Crippen molar-refractivity contribution >= 4 is 28.1 Å². The quantitative estimate of drug-likeness (QED) is 0.304. The van der Waals surface area contributed by atoms with Crippen LogP contribution in [0.5, 0.6) is 5.75 Å². The number of alkyl halides is 3. The SMILES string of the molecule is COc1cccc(-c2nc(-n3nc(C(=O)N4CCCC4)c4cc(C(F)(F)F)ccc43)sc2C(C)C)c1. The van der Waals surface area contributed by atoms with Gasteiger partial charge in [-0.05, 0) is 49.1 Å². The monoisotopic (exact) mass is 514 g/mol. The summed E-state index contributed by atoms with van der Waals surface area (Å²) in [6.45, 7) is 5.25. The maximum absolute atomic E-state index is 13.5. The molecule has 0 aliphatic carbocycles. The number of nitrogens with zero attached hydrogens (tertiary/aromatic N) is 4. The fraction of sp³-hybridized carbons (Fsp3) is 0.346. The molecule has 1 saturated heterocycles. The Morgan fingerprint density at radius 3 is 2.53 bits per heavy atom. The molecule has 6 nitrogen and oxygen atoms in total. The summed E-state index contributed by atoms with van der Waals surface area (Å²) in [6.07, 6.45) is -2.80. The van der Waals surface area contributed by atoms with Crippen LogP contribution in [-0.2, 0) is 6.18 Å². The highest BCUT2D eigenvalue weighted by Crippen LogP contribution is 2.39. The van der Waals surface area contributed by atoms with Crippen molar-refractivity contribution in [3.63, 3.8) is 0 Å². The number of thiazole rings is 1. The second-order valence-corrected chi connectivity index (χ2v) is 10.1. The van der Waals surface area contributed by atoms with E-state index in [0.29, 0.717) is 29.5 Å². The van der Waals surface area contributed by atoms with Crippen molar-refractivity contribution in [2.75, 3.05) is 20.2 Å². The molecule has 0 unspecified atom stereocenters. The molecular formula is C26H25F3N4O2S. The van der Waals surface area contributed by atoms with Crippen LogP contribution < -0.4 is 4.74 Å². The Kier molecular flexibility index (Phi) is 6.23. The van der Waals surface area contributed by atoms with Gasteiger partial charge in [-0.1, -0.05) is 37.3 Å². The van der Waals surface area contributed by atoms with Gasteiger partial charge in [0, 0.05) is 28.9 Å². The number of hydrogen-bond donors (Lipinski definition) is 0. The minimum absolute atomic E-state index is 0.0160. The van der Waals surface area contributed by atoms with E-state index in [1.165, 1.54) is 22.1 Å². The van der Waals surface area contributed by atoms with Crippen molar-refractivity contribution < 1.29 is 22.7 Å². The van der Waals surface area contributed by atoms with Crippen molar-refractivity contribution in [2.24, 2.45) is 0 Å². The van der Waals surface area contributed by atoms with E-state index in [4.69, 9.17) is 9.72 Å². The molecule has 188 valence electrons. The topological polar surface area (TPSA) is 60.2 Å². The molecule has 1 aliphatic rings. The van der Waals surface area contributed by atoms with Gasteiger partial charge in [0.15, 0.2) is 5.69 Å². The minimum atomic E-state index is -4.53. The number of hydrogen-bond acceptors (Lipinski definition) is 5. The molecule has 2 aromatic heterocycles. The summed E-state index contributed by atoms with van der Waals surface area (Å²) in [5.74, 6) is 0.477. The molecule has 0 spiro atoms. The minimum Gasteiger partial charge on any atom is -0.497 e. The van der Waals surface area contributed by atoms with Crippen LogP contribution in [0.2, 0.25) is 0 Å². The molecule has 0 radical (unpaired) electrons. The first-order valence-electron chi connectivity index (χ1n) is 11.7. The second kappa shape index (κ2) is 9.24. The number of rotatable bonds is 5. The summed E-state index contributed by atoms with van der Waals surface area (Å²) >= 11 is 1.41. The van der Waals surface area contributed by atoms with E-state index < -0.39 is 11.7 Å². The maximum Gasteiger partial charge on any atom is 0.416 e. The number of methoxy groups -OCH3 is 1. The average molecular weight is 515 g/mol. The molecule has 2 aromatic carbocycles. The first-order valence-corrected chi connectivity index (χ1v) is 12.5. The molecule has 4 aromatic rings. The molecule has 5 rings (SSSR count). The number of halogens is 3. The first-order chi connectivity index (χ1) is 17.2. The average Bonchev–Trinajstić information content (AvgIpc) is 3.61. The summed E-state index contributed by atoms with van der Waals surface area (Å²) < 4.78 is 47.5. The van der Waals surface area contributed by atoms with Gasteiger partial charge >= 0.3 is 6.18 Å². The van der Waals surface area contributed by atoms with Crippen LogP contribution in [0.25, 0.3) is 27.3 Å². The van der Waals surface area contributed by atoms with E-state index in [9.17, 15) is 18.0 Å². The van der Waals surface area contributed by atoms with Gasteiger partial charge in [-0.25, -0.2) is 9.67 Å². The molecule has 0 saturated carbocycles. The lowest BCUT2D eigenvalue weighted by atomic mass is 10.1. The first kappa shape index (κ1) is 24.3. The van der Waals surface area contributed by atoms with E-state index in [1.54, 1.807) is 12.0 Å². The van der Waals surface area contributed by atoms with Gasteiger partial charge in [-0.3, -0.25) is 4.79 Å². The number of carbonyl (C=O) groups is 1. The van der Waals surface area contributed by atoms with Crippen LogP contribution in [0.4, 0.5) is 13.2 Å². The van der Waals surface area contributed by atoms with Gasteiger partial charge in [-0.15, -0.1) is 0 Å². The zero-order chi connectivity index (χ0) is 25.6. The number of likely N-dealkylation sites (tertiary alicyclic amines) is 1. The predicted octanol–water partition coefficient (Wildman–Crippen LogP) is 6.54. The fourth-order valence-corrected chi connectivity index (χ4v) is 5.50. The lowest BCUT2D eigenvalue weighted by Crippen LogP contribution is -2.28. The zero-order valence-corrected chi connectivity index (χ0v) is 20.9. The van der Waals surface area contributed by atoms with E-state index in [1.807, 2.05) is 24.3 Å². The molecular weight excluding hydrogens is 489 g/mol. The smallest absolute Gasteiger partial charge is 0.416 e. The van der Waals surface area contributed by atoms with E-state index >= 15 is 0 Å². The molecule has 0 bridgehead atoms. The number of benzene rings is 2. The Morgan fingerprint density at radius 2 is 1.86 bits per heavy atom. The fourth-order valence-electron chi connectivity index (χ4n) is 4.45. The molecule has 0 N–H and O–H groups in total. The van der Waals surface area contributed by atoms with Gasteiger partial charge in [0.1, 0.15) is 5.75 Å². The van der Waals surface area contributed by atoms with Crippen molar-refractivity contribution in [1.82, 2.24) is 19.7 Å². The third-order valence-electron chi connectivity index (χ3n) is 6.29. The molecule has 10 heteroatoms. The van der Waals surface area contributed by atoms with Crippen LogP contribution in [0.3, 0.4) is 0 Å². The normalized spacial score (nSPS) is 14.2. The van der Waals surface area contributed by atoms with Crippen molar-refractivity contribution in [1.29, 1.82) is 0 Å². The summed E-state index contributed by atoms with van der Waals surface area (Å²) in [7, 11) is 1.60. The predicted molar refractivity (Wildman–Crippen MR) is 133 cm³/mol. The Morgan fingerprint density at radius 1 is 1.11 bits per heavy atom. The van der Waals surface area contributed by atoms with E-state index in [-0.39, 0.29) is 22.9 Å². The maximum atomic E-state index is 13.5. The third-order valence-corrected chi connectivity index (χ3v) is 7.63. The number of ether oxygens (including phenoxy) is 1.